The SMILES string of the molecule is Nc1c(Br)cc2c(N)c(N)c(Br)cc2c1N. The normalized spacial score (nSPS) is 10.9. The zero-order chi connectivity index (χ0) is 12.0. The third-order valence-corrected chi connectivity index (χ3v) is 3.82. The van der Waals surface area contributed by atoms with E-state index in [1.54, 1.807) is 0 Å². The van der Waals surface area contributed by atoms with Crippen molar-refractivity contribution in [1.29, 1.82) is 0 Å². The summed E-state index contributed by atoms with van der Waals surface area (Å²) in [7, 11) is 0. The van der Waals surface area contributed by atoms with Gasteiger partial charge in [-0.15, -0.1) is 0 Å². The van der Waals surface area contributed by atoms with Gasteiger partial charge in [0.1, 0.15) is 0 Å². The quantitative estimate of drug-likeness (QED) is 0.551. The third-order valence-electron chi connectivity index (χ3n) is 2.51. The minimum absolute atomic E-state index is 0.497. The first kappa shape index (κ1) is 11.3. The van der Waals surface area contributed by atoms with Crippen molar-refractivity contribution in [3.8, 4) is 0 Å². The Bertz CT molecular complexity index is 542. The first-order valence-electron chi connectivity index (χ1n) is 4.44. The average Bonchev–Trinajstić information content (AvgIpc) is 2.25. The molecular weight excluding hydrogens is 336 g/mol. The van der Waals surface area contributed by atoms with E-state index in [1.165, 1.54) is 0 Å². The van der Waals surface area contributed by atoms with Crippen LogP contribution in [0.1, 0.15) is 0 Å². The molecule has 4 nitrogen and oxygen atoms in total. The highest BCUT2D eigenvalue weighted by Gasteiger charge is 2.12. The molecule has 0 unspecified atom stereocenters. The van der Waals surface area contributed by atoms with Crippen molar-refractivity contribution in [2.45, 2.75) is 0 Å². The van der Waals surface area contributed by atoms with Gasteiger partial charge in [0.05, 0.1) is 22.7 Å². The number of nitrogens with two attached hydrogens (primary N) is 4. The maximum atomic E-state index is 5.93. The molecular formula is C10H10Br2N4. The van der Waals surface area contributed by atoms with Crippen LogP contribution in [0, 0.1) is 0 Å². The van der Waals surface area contributed by atoms with Crippen molar-refractivity contribution in [2.75, 3.05) is 22.9 Å². The first-order chi connectivity index (χ1) is 7.43. The van der Waals surface area contributed by atoms with Gasteiger partial charge in [-0.3, -0.25) is 0 Å². The minimum atomic E-state index is 0.497. The molecule has 0 saturated heterocycles. The summed E-state index contributed by atoms with van der Waals surface area (Å²) >= 11 is 6.66. The summed E-state index contributed by atoms with van der Waals surface area (Å²) in [5.74, 6) is 0. The second-order valence-corrected chi connectivity index (χ2v) is 5.18. The van der Waals surface area contributed by atoms with E-state index in [0.717, 1.165) is 10.8 Å². The highest BCUT2D eigenvalue weighted by Crippen LogP contribution is 2.41. The number of hydrogen-bond donors (Lipinski definition) is 4. The van der Waals surface area contributed by atoms with Crippen LogP contribution in [0.15, 0.2) is 21.1 Å². The van der Waals surface area contributed by atoms with Crippen molar-refractivity contribution in [3.05, 3.63) is 21.1 Å². The Labute approximate surface area is 109 Å². The lowest BCUT2D eigenvalue weighted by atomic mass is 10.0. The van der Waals surface area contributed by atoms with Crippen molar-refractivity contribution >= 4 is 65.4 Å². The number of fused-ring (bicyclic) bond motifs is 1. The Morgan fingerprint density at radius 2 is 0.938 bits per heavy atom. The van der Waals surface area contributed by atoms with Crippen molar-refractivity contribution < 1.29 is 0 Å². The lowest BCUT2D eigenvalue weighted by molar-refractivity contribution is 1.63. The lowest BCUT2D eigenvalue weighted by Gasteiger charge is -2.12. The van der Waals surface area contributed by atoms with Gasteiger partial charge in [0.25, 0.3) is 0 Å². The van der Waals surface area contributed by atoms with E-state index in [2.05, 4.69) is 31.9 Å². The van der Waals surface area contributed by atoms with Crippen molar-refractivity contribution in [3.63, 3.8) is 0 Å². The smallest absolute Gasteiger partial charge is 0.0698 e. The van der Waals surface area contributed by atoms with Gasteiger partial charge in [0.15, 0.2) is 0 Å². The Morgan fingerprint density at radius 3 is 1.25 bits per heavy atom. The Hall–Kier alpha value is -1.14. The maximum Gasteiger partial charge on any atom is 0.0698 e. The van der Waals surface area contributed by atoms with Crippen LogP contribution in [-0.2, 0) is 0 Å². The summed E-state index contributed by atoms with van der Waals surface area (Å²) in [6, 6.07) is 3.64. The van der Waals surface area contributed by atoms with Gasteiger partial charge in [-0.25, -0.2) is 0 Å². The number of nitrogen functional groups attached to an aromatic ring is 4. The molecule has 0 radical (unpaired) electrons. The Balaban J connectivity index is 3.02. The molecule has 16 heavy (non-hydrogen) atoms. The largest absolute Gasteiger partial charge is 0.397 e. The molecule has 0 bridgehead atoms. The summed E-state index contributed by atoms with van der Waals surface area (Å²) in [6.45, 7) is 0. The molecule has 2 aromatic rings. The van der Waals surface area contributed by atoms with E-state index < -0.39 is 0 Å². The van der Waals surface area contributed by atoms with Crippen LogP contribution < -0.4 is 22.9 Å². The van der Waals surface area contributed by atoms with Crippen LogP contribution >= 0.6 is 31.9 Å². The second-order valence-electron chi connectivity index (χ2n) is 3.47. The van der Waals surface area contributed by atoms with Gasteiger partial charge >= 0.3 is 0 Å². The van der Waals surface area contributed by atoms with Crippen molar-refractivity contribution in [2.24, 2.45) is 0 Å². The summed E-state index contributed by atoms with van der Waals surface area (Å²) in [4.78, 5) is 0. The zero-order valence-electron chi connectivity index (χ0n) is 8.22. The standard InChI is InChI=1S/C10H10Br2N4/c11-5-1-3-4(8(14)9(5)15)2-6(12)10(16)7(3)13/h1-2H,13-16H2. The summed E-state index contributed by atoms with van der Waals surface area (Å²) < 4.78 is 1.43. The van der Waals surface area contributed by atoms with E-state index in [9.17, 15) is 0 Å². The molecule has 0 aliphatic rings. The molecule has 2 rings (SSSR count). The van der Waals surface area contributed by atoms with E-state index in [-0.39, 0.29) is 0 Å². The third kappa shape index (κ3) is 1.49. The van der Waals surface area contributed by atoms with E-state index in [0.29, 0.717) is 31.7 Å². The number of halogens is 2. The molecule has 8 N–H and O–H groups in total. The van der Waals surface area contributed by atoms with Crippen LogP contribution in [0.25, 0.3) is 10.8 Å². The average molecular weight is 346 g/mol. The fraction of sp³-hybridized carbons (Fsp3) is 0. The monoisotopic (exact) mass is 344 g/mol. The van der Waals surface area contributed by atoms with Crippen LogP contribution in [0.2, 0.25) is 0 Å². The molecule has 0 aromatic heterocycles. The number of anilines is 4. The molecule has 0 saturated carbocycles. The van der Waals surface area contributed by atoms with E-state index in [1.807, 2.05) is 12.1 Å². The predicted octanol–water partition coefficient (Wildman–Crippen LogP) is 2.69. The molecule has 0 amide bonds. The molecule has 2 aromatic carbocycles. The molecule has 0 spiro atoms. The Kier molecular flexibility index (Phi) is 2.63. The first-order valence-corrected chi connectivity index (χ1v) is 6.02. The zero-order valence-corrected chi connectivity index (χ0v) is 11.4. The molecule has 0 atom stereocenters. The van der Waals surface area contributed by atoms with Crippen LogP contribution in [-0.4, -0.2) is 0 Å². The molecule has 84 valence electrons. The van der Waals surface area contributed by atoms with Gasteiger partial charge < -0.3 is 22.9 Å². The van der Waals surface area contributed by atoms with E-state index >= 15 is 0 Å². The molecule has 0 fully saturated rings. The molecule has 0 aliphatic heterocycles. The minimum Gasteiger partial charge on any atom is -0.397 e. The number of hydrogen-bond acceptors (Lipinski definition) is 4. The van der Waals surface area contributed by atoms with Gasteiger partial charge in [0, 0.05) is 19.7 Å². The van der Waals surface area contributed by atoms with Gasteiger partial charge in [-0.2, -0.15) is 0 Å². The fourth-order valence-corrected chi connectivity index (χ4v) is 2.44. The second kappa shape index (κ2) is 3.71. The van der Waals surface area contributed by atoms with Crippen LogP contribution in [0.3, 0.4) is 0 Å². The lowest BCUT2D eigenvalue weighted by Crippen LogP contribution is -2.01. The summed E-state index contributed by atoms with van der Waals surface area (Å²) in [6.07, 6.45) is 0. The van der Waals surface area contributed by atoms with Crippen molar-refractivity contribution in [1.82, 2.24) is 0 Å². The van der Waals surface area contributed by atoms with Gasteiger partial charge in [-0.05, 0) is 44.0 Å². The van der Waals surface area contributed by atoms with Crippen LogP contribution in [0.5, 0.6) is 0 Å². The Morgan fingerprint density at radius 1 is 0.625 bits per heavy atom. The highest BCUT2D eigenvalue weighted by molar-refractivity contribution is 9.11. The van der Waals surface area contributed by atoms with Gasteiger partial charge in [0.2, 0.25) is 0 Å². The highest BCUT2D eigenvalue weighted by atomic mass is 79.9. The summed E-state index contributed by atoms with van der Waals surface area (Å²) in [5.41, 5.74) is 25.5. The topological polar surface area (TPSA) is 104 Å². The predicted molar refractivity (Wildman–Crippen MR) is 77.0 cm³/mol. The number of benzene rings is 2. The maximum absolute atomic E-state index is 5.93. The molecule has 0 aliphatic carbocycles. The molecule has 6 heteroatoms. The number of rotatable bonds is 0. The van der Waals surface area contributed by atoms with Crippen LogP contribution in [0.4, 0.5) is 22.7 Å². The summed E-state index contributed by atoms with van der Waals surface area (Å²) in [5, 5.41) is 1.58. The van der Waals surface area contributed by atoms with E-state index in [4.69, 9.17) is 22.9 Å². The fourth-order valence-electron chi connectivity index (χ4n) is 1.56. The van der Waals surface area contributed by atoms with Gasteiger partial charge in [-0.1, -0.05) is 0 Å². The molecule has 0 heterocycles.